The molecule has 1 aliphatic rings. The number of ether oxygens (including phenoxy) is 2. The summed E-state index contributed by atoms with van der Waals surface area (Å²) in [6.07, 6.45) is 1.81. The second-order valence-corrected chi connectivity index (χ2v) is 7.67. The molecule has 1 saturated heterocycles. The standard InChI is InChI=1S/C25H26FN3O3/c1-17-6-7-20(28-24(30)19-5-3-4-18(12-19)15-26)13-22(17)23-14-21(16-27-25(23)31-2)29-8-10-32-11-9-29/h3-7,12-14,16H,8-11,15H2,1-2H3,(H,28,30). The Morgan fingerprint density at radius 2 is 1.97 bits per heavy atom. The predicted octanol–water partition coefficient (Wildman–Crippen LogP) is 4.62. The minimum Gasteiger partial charge on any atom is -0.481 e. The molecule has 166 valence electrons. The molecule has 2 heterocycles. The number of benzene rings is 2. The topological polar surface area (TPSA) is 63.7 Å². The van der Waals surface area contributed by atoms with E-state index in [4.69, 9.17) is 9.47 Å². The maximum absolute atomic E-state index is 13.0. The van der Waals surface area contributed by atoms with Crippen molar-refractivity contribution in [2.45, 2.75) is 13.6 Å². The lowest BCUT2D eigenvalue weighted by atomic mass is 10.00. The molecule has 0 radical (unpaired) electrons. The largest absolute Gasteiger partial charge is 0.481 e. The lowest BCUT2D eigenvalue weighted by Crippen LogP contribution is -2.36. The van der Waals surface area contributed by atoms with Crippen molar-refractivity contribution in [1.29, 1.82) is 0 Å². The molecule has 0 unspecified atom stereocenters. The molecule has 2 aromatic carbocycles. The average molecular weight is 435 g/mol. The molecule has 1 aliphatic heterocycles. The molecule has 4 rings (SSSR count). The maximum Gasteiger partial charge on any atom is 0.255 e. The number of amides is 1. The smallest absolute Gasteiger partial charge is 0.255 e. The number of aromatic nitrogens is 1. The highest BCUT2D eigenvalue weighted by molar-refractivity contribution is 6.04. The van der Waals surface area contributed by atoms with Gasteiger partial charge in [0.25, 0.3) is 5.91 Å². The van der Waals surface area contributed by atoms with Crippen LogP contribution >= 0.6 is 0 Å². The fourth-order valence-electron chi connectivity index (χ4n) is 3.78. The predicted molar refractivity (Wildman–Crippen MR) is 123 cm³/mol. The first-order valence-electron chi connectivity index (χ1n) is 10.5. The number of hydrogen-bond acceptors (Lipinski definition) is 5. The molecule has 7 heteroatoms. The highest BCUT2D eigenvalue weighted by Gasteiger charge is 2.17. The van der Waals surface area contributed by atoms with Crippen LogP contribution in [0.2, 0.25) is 0 Å². The van der Waals surface area contributed by atoms with Gasteiger partial charge in [-0.25, -0.2) is 9.37 Å². The summed E-state index contributed by atoms with van der Waals surface area (Å²) in [5.74, 6) is 0.228. The molecule has 0 aliphatic carbocycles. The molecule has 0 atom stereocenters. The number of pyridine rings is 1. The lowest BCUT2D eigenvalue weighted by Gasteiger charge is -2.29. The van der Waals surface area contributed by atoms with Crippen molar-refractivity contribution in [2.24, 2.45) is 0 Å². The Balaban J connectivity index is 1.65. The van der Waals surface area contributed by atoms with Crippen LogP contribution in [0.1, 0.15) is 21.5 Å². The first kappa shape index (κ1) is 21.8. The number of anilines is 2. The van der Waals surface area contributed by atoms with Gasteiger partial charge in [0, 0.05) is 29.9 Å². The third kappa shape index (κ3) is 4.73. The van der Waals surface area contributed by atoms with Crippen LogP contribution < -0.4 is 15.0 Å². The van der Waals surface area contributed by atoms with E-state index in [1.54, 1.807) is 31.4 Å². The number of halogens is 1. The van der Waals surface area contributed by atoms with E-state index in [0.29, 0.717) is 35.9 Å². The maximum atomic E-state index is 13.0. The second kappa shape index (κ2) is 9.78. The van der Waals surface area contributed by atoms with Crippen molar-refractivity contribution in [3.8, 4) is 17.0 Å². The van der Waals surface area contributed by atoms with Gasteiger partial charge >= 0.3 is 0 Å². The summed E-state index contributed by atoms with van der Waals surface area (Å²) in [6.45, 7) is 4.38. The number of hydrogen-bond donors (Lipinski definition) is 1. The van der Waals surface area contributed by atoms with Gasteiger partial charge in [-0.2, -0.15) is 0 Å². The van der Waals surface area contributed by atoms with E-state index in [1.165, 1.54) is 0 Å². The Bertz CT molecular complexity index is 1110. The van der Waals surface area contributed by atoms with Crippen LogP contribution in [0.15, 0.2) is 54.7 Å². The molecule has 1 aromatic heterocycles. The van der Waals surface area contributed by atoms with E-state index >= 15 is 0 Å². The van der Waals surface area contributed by atoms with Gasteiger partial charge in [0.1, 0.15) is 6.67 Å². The van der Waals surface area contributed by atoms with Crippen LogP contribution in [0.4, 0.5) is 15.8 Å². The van der Waals surface area contributed by atoms with Crippen LogP contribution in [0, 0.1) is 6.92 Å². The Morgan fingerprint density at radius 1 is 1.16 bits per heavy atom. The zero-order chi connectivity index (χ0) is 22.5. The summed E-state index contributed by atoms with van der Waals surface area (Å²) in [4.78, 5) is 19.5. The summed E-state index contributed by atoms with van der Waals surface area (Å²) in [6, 6.07) is 14.3. The number of nitrogens with one attached hydrogen (secondary N) is 1. The Morgan fingerprint density at radius 3 is 2.72 bits per heavy atom. The third-order valence-corrected chi connectivity index (χ3v) is 5.54. The Kier molecular flexibility index (Phi) is 6.66. The summed E-state index contributed by atoms with van der Waals surface area (Å²) < 4.78 is 24.0. The van der Waals surface area contributed by atoms with Crippen LogP contribution in [-0.2, 0) is 11.4 Å². The van der Waals surface area contributed by atoms with E-state index in [0.717, 1.165) is 35.5 Å². The van der Waals surface area contributed by atoms with Crippen molar-refractivity contribution in [1.82, 2.24) is 4.98 Å². The van der Waals surface area contributed by atoms with Crippen molar-refractivity contribution >= 4 is 17.3 Å². The summed E-state index contributed by atoms with van der Waals surface area (Å²) in [5, 5.41) is 2.91. The van der Waals surface area contributed by atoms with Gasteiger partial charge in [-0.15, -0.1) is 0 Å². The summed E-state index contributed by atoms with van der Waals surface area (Å²) in [5.41, 5.74) is 5.32. The van der Waals surface area contributed by atoms with E-state index in [1.807, 2.05) is 31.3 Å². The fraction of sp³-hybridized carbons (Fsp3) is 0.280. The number of carbonyl (C=O) groups is 1. The number of methoxy groups -OCH3 is 1. The quantitative estimate of drug-likeness (QED) is 0.612. The lowest BCUT2D eigenvalue weighted by molar-refractivity contribution is 0.102. The van der Waals surface area contributed by atoms with E-state index in [-0.39, 0.29) is 5.91 Å². The molecule has 3 aromatic rings. The molecule has 1 amide bonds. The van der Waals surface area contributed by atoms with Crippen LogP contribution in [-0.4, -0.2) is 44.3 Å². The highest BCUT2D eigenvalue weighted by atomic mass is 19.1. The van der Waals surface area contributed by atoms with E-state index in [9.17, 15) is 9.18 Å². The molecule has 0 bridgehead atoms. The van der Waals surface area contributed by atoms with E-state index < -0.39 is 6.67 Å². The normalized spacial score (nSPS) is 13.7. The number of morpholine rings is 1. The molecule has 0 spiro atoms. The van der Waals surface area contributed by atoms with Crippen LogP contribution in [0.25, 0.3) is 11.1 Å². The molecular formula is C25H26FN3O3. The van der Waals surface area contributed by atoms with Crippen molar-refractivity contribution in [3.63, 3.8) is 0 Å². The zero-order valence-electron chi connectivity index (χ0n) is 18.2. The van der Waals surface area contributed by atoms with Crippen molar-refractivity contribution in [3.05, 3.63) is 71.4 Å². The van der Waals surface area contributed by atoms with Gasteiger partial charge in [-0.3, -0.25) is 4.79 Å². The first-order valence-corrected chi connectivity index (χ1v) is 10.5. The number of nitrogens with zero attached hydrogens (tertiary/aromatic N) is 2. The van der Waals surface area contributed by atoms with Gasteiger partial charge in [0.2, 0.25) is 5.88 Å². The van der Waals surface area contributed by atoms with Gasteiger partial charge in [0.15, 0.2) is 0 Å². The van der Waals surface area contributed by atoms with Crippen molar-refractivity contribution < 1.29 is 18.7 Å². The molecule has 6 nitrogen and oxygen atoms in total. The van der Waals surface area contributed by atoms with Gasteiger partial charge < -0.3 is 19.7 Å². The number of aryl methyl sites for hydroxylation is 1. The Labute approximate surface area is 187 Å². The second-order valence-electron chi connectivity index (χ2n) is 7.67. The molecular weight excluding hydrogens is 409 g/mol. The van der Waals surface area contributed by atoms with Gasteiger partial charge in [0.05, 0.1) is 32.2 Å². The van der Waals surface area contributed by atoms with Crippen LogP contribution in [0.5, 0.6) is 5.88 Å². The van der Waals surface area contributed by atoms with Crippen molar-refractivity contribution in [2.75, 3.05) is 43.6 Å². The highest BCUT2D eigenvalue weighted by Crippen LogP contribution is 2.35. The molecule has 1 N–H and O–H groups in total. The molecule has 0 saturated carbocycles. The minimum atomic E-state index is -0.609. The summed E-state index contributed by atoms with van der Waals surface area (Å²) >= 11 is 0. The van der Waals surface area contributed by atoms with Crippen LogP contribution in [0.3, 0.4) is 0 Å². The zero-order valence-corrected chi connectivity index (χ0v) is 18.2. The average Bonchev–Trinajstić information content (AvgIpc) is 2.85. The Hall–Kier alpha value is -3.45. The van der Waals surface area contributed by atoms with Gasteiger partial charge in [-0.05, 0) is 53.9 Å². The molecule has 32 heavy (non-hydrogen) atoms. The minimum absolute atomic E-state index is 0.290. The molecule has 1 fully saturated rings. The number of rotatable bonds is 6. The number of alkyl halides is 1. The van der Waals surface area contributed by atoms with Gasteiger partial charge in [-0.1, -0.05) is 18.2 Å². The SMILES string of the molecule is COc1ncc(N2CCOCC2)cc1-c1cc(NC(=O)c2cccc(CF)c2)ccc1C. The first-order chi connectivity index (χ1) is 15.6. The summed E-state index contributed by atoms with van der Waals surface area (Å²) in [7, 11) is 1.60. The van der Waals surface area contributed by atoms with E-state index in [2.05, 4.69) is 21.3 Å². The number of carbonyl (C=O) groups excluding carboxylic acids is 1. The third-order valence-electron chi connectivity index (χ3n) is 5.54. The fourth-order valence-corrected chi connectivity index (χ4v) is 3.78. The monoisotopic (exact) mass is 435 g/mol.